The molecule has 0 aromatic heterocycles. The molecule has 0 heterocycles. The predicted octanol–water partition coefficient (Wildman–Crippen LogP) is 3.05. The van der Waals surface area contributed by atoms with Gasteiger partial charge < -0.3 is 4.90 Å². The number of nitrogens with one attached hydrogen (secondary N) is 1. The van der Waals surface area contributed by atoms with E-state index in [1.54, 1.807) is 31.2 Å². The quantitative estimate of drug-likeness (QED) is 0.696. The Morgan fingerprint density at radius 1 is 1.09 bits per heavy atom. The van der Waals surface area contributed by atoms with Crippen LogP contribution >= 0.6 is 0 Å². The van der Waals surface area contributed by atoms with Crippen LogP contribution in [0.4, 0.5) is 10.1 Å². The molecular weight excluding hydrogens is 281 g/mol. The molecule has 0 atom stereocenters. The van der Waals surface area contributed by atoms with Crippen molar-refractivity contribution in [1.82, 2.24) is 5.43 Å². The molecular formula is C17H18FN3O. The highest BCUT2D eigenvalue weighted by molar-refractivity contribution is 6.01. The Balaban J connectivity index is 2.12. The maximum atomic E-state index is 13.2. The van der Waals surface area contributed by atoms with Crippen LogP contribution in [0.15, 0.2) is 53.6 Å². The minimum absolute atomic E-state index is 0.306. The molecule has 0 spiro atoms. The zero-order chi connectivity index (χ0) is 16.1. The number of hydrogen-bond acceptors (Lipinski definition) is 3. The average molecular weight is 299 g/mol. The first-order valence-corrected chi connectivity index (χ1v) is 6.85. The summed E-state index contributed by atoms with van der Waals surface area (Å²) >= 11 is 0. The van der Waals surface area contributed by atoms with E-state index in [0.29, 0.717) is 16.8 Å². The van der Waals surface area contributed by atoms with Gasteiger partial charge in [-0.3, -0.25) is 4.79 Å². The highest BCUT2D eigenvalue weighted by Crippen LogP contribution is 2.13. The van der Waals surface area contributed by atoms with Gasteiger partial charge in [-0.1, -0.05) is 18.2 Å². The number of hydrazone groups is 1. The van der Waals surface area contributed by atoms with Crippen molar-refractivity contribution in [2.75, 3.05) is 19.0 Å². The Kier molecular flexibility index (Phi) is 4.88. The number of halogens is 1. The van der Waals surface area contributed by atoms with E-state index in [1.807, 2.05) is 31.1 Å². The highest BCUT2D eigenvalue weighted by Gasteiger charge is 2.07. The highest BCUT2D eigenvalue weighted by atomic mass is 19.1. The average Bonchev–Trinajstić information content (AvgIpc) is 2.52. The zero-order valence-corrected chi connectivity index (χ0v) is 12.8. The SMILES string of the molecule is C/C(=N\NC(=O)c1cccc(N(C)C)c1)c1cccc(F)c1. The van der Waals surface area contributed by atoms with Gasteiger partial charge >= 0.3 is 0 Å². The van der Waals surface area contributed by atoms with E-state index in [-0.39, 0.29) is 11.7 Å². The Bertz CT molecular complexity index is 711. The van der Waals surface area contributed by atoms with E-state index in [0.717, 1.165) is 5.69 Å². The lowest BCUT2D eigenvalue weighted by atomic mass is 10.1. The Labute approximate surface area is 129 Å². The smallest absolute Gasteiger partial charge is 0.271 e. The number of nitrogens with zero attached hydrogens (tertiary/aromatic N) is 2. The molecule has 0 aliphatic heterocycles. The first-order chi connectivity index (χ1) is 10.5. The van der Waals surface area contributed by atoms with Crippen LogP contribution in [0.3, 0.4) is 0 Å². The zero-order valence-electron chi connectivity index (χ0n) is 12.8. The van der Waals surface area contributed by atoms with E-state index in [1.165, 1.54) is 12.1 Å². The third-order valence-electron chi connectivity index (χ3n) is 3.19. The van der Waals surface area contributed by atoms with Gasteiger partial charge in [0.1, 0.15) is 5.82 Å². The molecule has 4 nitrogen and oxygen atoms in total. The Morgan fingerprint density at radius 2 is 1.77 bits per heavy atom. The van der Waals surface area contributed by atoms with Gasteiger partial charge in [0.15, 0.2) is 0 Å². The Hall–Kier alpha value is -2.69. The van der Waals surface area contributed by atoms with Gasteiger partial charge in [0.05, 0.1) is 5.71 Å². The van der Waals surface area contributed by atoms with Gasteiger partial charge in [-0.15, -0.1) is 0 Å². The molecule has 0 saturated carbocycles. The standard InChI is InChI=1S/C17H18FN3O/c1-12(13-6-4-8-15(18)10-13)19-20-17(22)14-7-5-9-16(11-14)21(2)3/h4-11H,1-3H3,(H,20,22)/b19-12+. The van der Waals surface area contributed by atoms with Crippen LogP contribution in [0.5, 0.6) is 0 Å². The van der Waals surface area contributed by atoms with Crippen molar-refractivity contribution in [2.45, 2.75) is 6.92 Å². The molecule has 1 N–H and O–H groups in total. The van der Waals surface area contributed by atoms with E-state index in [9.17, 15) is 9.18 Å². The van der Waals surface area contributed by atoms with E-state index >= 15 is 0 Å². The van der Waals surface area contributed by atoms with Gasteiger partial charge in [-0.05, 0) is 37.3 Å². The van der Waals surface area contributed by atoms with Crippen LogP contribution in [0.1, 0.15) is 22.8 Å². The number of carbonyl (C=O) groups is 1. The Morgan fingerprint density at radius 3 is 2.45 bits per heavy atom. The van der Waals surface area contributed by atoms with Gasteiger partial charge in [0.25, 0.3) is 5.91 Å². The van der Waals surface area contributed by atoms with E-state index < -0.39 is 0 Å². The largest absolute Gasteiger partial charge is 0.378 e. The summed E-state index contributed by atoms with van der Waals surface area (Å²) in [5.74, 6) is -0.642. The fourth-order valence-electron chi connectivity index (χ4n) is 1.90. The summed E-state index contributed by atoms with van der Waals surface area (Å²) in [7, 11) is 3.81. The summed E-state index contributed by atoms with van der Waals surface area (Å²) in [5.41, 5.74) is 5.10. The number of benzene rings is 2. The van der Waals surface area contributed by atoms with Crippen LogP contribution in [0, 0.1) is 5.82 Å². The van der Waals surface area contributed by atoms with Crippen LogP contribution in [-0.4, -0.2) is 25.7 Å². The van der Waals surface area contributed by atoms with Gasteiger partial charge in [-0.2, -0.15) is 5.10 Å². The monoisotopic (exact) mass is 299 g/mol. The summed E-state index contributed by atoms with van der Waals surface area (Å²) in [6.07, 6.45) is 0. The fraction of sp³-hybridized carbons (Fsp3) is 0.176. The van der Waals surface area contributed by atoms with Crippen molar-refractivity contribution >= 4 is 17.3 Å². The van der Waals surface area contributed by atoms with E-state index in [4.69, 9.17) is 0 Å². The van der Waals surface area contributed by atoms with Gasteiger partial charge in [0.2, 0.25) is 0 Å². The molecule has 2 aromatic carbocycles. The summed E-state index contributed by atoms with van der Waals surface area (Å²) in [4.78, 5) is 14.0. The third-order valence-corrected chi connectivity index (χ3v) is 3.19. The molecule has 22 heavy (non-hydrogen) atoms. The van der Waals surface area contributed by atoms with Crippen molar-refractivity contribution in [2.24, 2.45) is 5.10 Å². The van der Waals surface area contributed by atoms with Crippen LogP contribution < -0.4 is 10.3 Å². The number of hydrogen-bond donors (Lipinski definition) is 1. The van der Waals surface area contributed by atoms with Crippen LogP contribution in [0.25, 0.3) is 0 Å². The van der Waals surface area contributed by atoms with Crippen molar-refractivity contribution in [3.63, 3.8) is 0 Å². The third kappa shape index (κ3) is 3.91. The summed E-state index contributed by atoms with van der Waals surface area (Å²) in [6, 6.07) is 13.3. The second-order valence-electron chi connectivity index (χ2n) is 5.09. The molecule has 0 aliphatic rings. The summed E-state index contributed by atoms with van der Waals surface area (Å²) < 4.78 is 13.2. The molecule has 114 valence electrons. The fourth-order valence-corrected chi connectivity index (χ4v) is 1.90. The number of anilines is 1. The predicted molar refractivity (Wildman–Crippen MR) is 86.8 cm³/mol. The van der Waals surface area contributed by atoms with Crippen molar-refractivity contribution < 1.29 is 9.18 Å². The number of rotatable bonds is 4. The van der Waals surface area contributed by atoms with Gasteiger partial charge in [-0.25, -0.2) is 9.82 Å². The molecule has 5 heteroatoms. The normalized spacial score (nSPS) is 11.2. The maximum Gasteiger partial charge on any atom is 0.271 e. The molecule has 2 rings (SSSR count). The minimum Gasteiger partial charge on any atom is -0.378 e. The first kappa shape index (κ1) is 15.7. The van der Waals surface area contributed by atoms with Gasteiger partial charge in [0, 0.05) is 30.9 Å². The topological polar surface area (TPSA) is 44.7 Å². The number of amides is 1. The lowest BCUT2D eigenvalue weighted by Crippen LogP contribution is -2.20. The van der Waals surface area contributed by atoms with Crippen molar-refractivity contribution in [3.8, 4) is 0 Å². The molecule has 0 unspecified atom stereocenters. The molecule has 0 fully saturated rings. The molecule has 2 aromatic rings. The van der Waals surface area contributed by atoms with Crippen molar-refractivity contribution in [3.05, 3.63) is 65.5 Å². The molecule has 1 amide bonds. The lowest BCUT2D eigenvalue weighted by molar-refractivity contribution is 0.0955. The summed E-state index contributed by atoms with van der Waals surface area (Å²) in [6.45, 7) is 1.71. The first-order valence-electron chi connectivity index (χ1n) is 6.85. The second-order valence-corrected chi connectivity index (χ2v) is 5.09. The van der Waals surface area contributed by atoms with Crippen molar-refractivity contribution in [1.29, 1.82) is 0 Å². The lowest BCUT2D eigenvalue weighted by Gasteiger charge is -2.13. The summed E-state index contributed by atoms with van der Waals surface area (Å²) in [5, 5.41) is 4.02. The van der Waals surface area contributed by atoms with E-state index in [2.05, 4.69) is 10.5 Å². The number of carbonyl (C=O) groups excluding carboxylic acids is 1. The molecule has 0 radical (unpaired) electrons. The molecule has 0 saturated heterocycles. The van der Waals surface area contributed by atoms with Crippen LogP contribution in [-0.2, 0) is 0 Å². The minimum atomic E-state index is -0.336. The van der Waals surface area contributed by atoms with Crippen LogP contribution in [0.2, 0.25) is 0 Å². The second kappa shape index (κ2) is 6.85. The molecule has 0 aliphatic carbocycles. The molecule has 0 bridgehead atoms. The maximum absolute atomic E-state index is 13.2.